The number of halogens is 1. The molecule has 3 amide bonds. The summed E-state index contributed by atoms with van der Waals surface area (Å²) in [5.74, 6) is -1.52. The van der Waals surface area contributed by atoms with Gasteiger partial charge in [-0.05, 0) is 42.7 Å². The minimum Gasteiger partial charge on any atom is -0.324 e. The van der Waals surface area contributed by atoms with E-state index in [4.69, 9.17) is 11.6 Å². The molecule has 6 nitrogen and oxygen atoms in total. The van der Waals surface area contributed by atoms with Crippen molar-refractivity contribution < 1.29 is 14.4 Å². The molecule has 2 fully saturated rings. The largest absolute Gasteiger partial charge is 0.324 e. The van der Waals surface area contributed by atoms with E-state index in [2.05, 4.69) is 10.6 Å². The number of carbonyl (C=O) groups excluding carboxylic acids is 3. The molecule has 3 aliphatic rings. The molecule has 30 heavy (non-hydrogen) atoms. The lowest BCUT2D eigenvalue weighted by Gasteiger charge is -2.29. The lowest BCUT2D eigenvalue weighted by atomic mass is 9.76. The second-order valence-corrected chi connectivity index (χ2v) is 9.26. The number of carbonyl (C=O) groups is 3. The molecule has 2 aromatic rings. The fourth-order valence-corrected chi connectivity index (χ4v) is 5.80. The van der Waals surface area contributed by atoms with E-state index < -0.39 is 17.4 Å². The second kappa shape index (κ2) is 7.11. The highest BCUT2D eigenvalue weighted by atomic mass is 35.5. The zero-order valence-corrected chi connectivity index (χ0v) is 17.8. The van der Waals surface area contributed by atoms with Crippen LogP contribution < -0.4 is 15.5 Å². The van der Waals surface area contributed by atoms with Crippen molar-refractivity contribution in [2.24, 2.45) is 11.8 Å². The van der Waals surface area contributed by atoms with E-state index in [1.807, 2.05) is 30.5 Å². The van der Waals surface area contributed by atoms with E-state index in [9.17, 15) is 14.4 Å². The minimum atomic E-state index is -1.25. The summed E-state index contributed by atoms with van der Waals surface area (Å²) in [6.07, 6.45) is 2.68. The maximum absolute atomic E-state index is 13.7. The molecule has 8 heteroatoms. The van der Waals surface area contributed by atoms with Crippen molar-refractivity contribution >= 4 is 52.5 Å². The number of nitrogens with zero attached hydrogens (tertiary/aromatic N) is 1. The van der Waals surface area contributed by atoms with Crippen LogP contribution in [0.15, 0.2) is 48.5 Å². The van der Waals surface area contributed by atoms with Crippen LogP contribution in [0.25, 0.3) is 0 Å². The van der Waals surface area contributed by atoms with Crippen molar-refractivity contribution in [2.45, 2.75) is 18.0 Å². The first-order valence-corrected chi connectivity index (χ1v) is 11.6. The fraction of sp³-hybridized carbons (Fsp3) is 0.318. The lowest BCUT2D eigenvalue weighted by molar-refractivity contribution is -0.130. The van der Waals surface area contributed by atoms with Crippen LogP contribution in [0, 0.1) is 11.8 Å². The summed E-state index contributed by atoms with van der Waals surface area (Å²) in [6.45, 7) is 0. The van der Waals surface area contributed by atoms with E-state index in [1.165, 1.54) is 4.90 Å². The zero-order valence-electron chi connectivity index (χ0n) is 16.2. The van der Waals surface area contributed by atoms with Crippen LogP contribution in [0.2, 0.25) is 5.02 Å². The van der Waals surface area contributed by atoms with Crippen LogP contribution in [0.4, 0.5) is 11.4 Å². The number of thioether (sulfide) groups is 1. The molecule has 4 atom stereocenters. The first kappa shape index (κ1) is 19.6. The van der Waals surface area contributed by atoms with Gasteiger partial charge in [-0.2, -0.15) is 11.8 Å². The molecule has 3 aliphatic heterocycles. The van der Waals surface area contributed by atoms with Crippen molar-refractivity contribution in [3.8, 4) is 0 Å². The molecule has 3 heterocycles. The second-order valence-electron chi connectivity index (χ2n) is 7.84. The topological polar surface area (TPSA) is 78.5 Å². The Labute approximate surface area is 183 Å². The van der Waals surface area contributed by atoms with E-state index in [0.717, 1.165) is 11.3 Å². The Hall–Kier alpha value is -2.35. The average molecular weight is 442 g/mol. The fourth-order valence-electron chi connectivity index (χ4n) is 5.12. The standard InChI is InChI=1S/C22H20ClN3O3S/c1-30-10-9-16-17-18(20(28)26(19(17)27)13-6-4-5-12(23)11-13)22(25-16)14-7-2-3-8-15(14)24-21(22)29/h2-8,11,16-18,25H,9-10H2,1H3,(H,24,29)/t16-,17+,18-,22-/m0/s1. The van der Waals surface area contributed by atoms with Gasteiger partial charge in [0.25, 0.3) is 0 Å². The number of rotatable bonds is 4. The monoisotopic (exact) mass is 441 g/mol. The molecule has 0 bridgehead atoms. The molecule has 5 rings (SSSR count). The first-order chi connectivity index (χ1) is 14.5. The first-order valence-electron chi connectivity index (χ1n) is 9.80. The molecule has 2 saturated heterocycles. The van der Waals surface area contributed by atoms with Crippen molar-refractivity contribution in [2.75, 3.05) is 22.2 Å². The van der Waals surface area contributed by atoms with Gasteiger partial charge < -0.3 is 5.32 Å². The Kier molecular flexibility index (Phi) is 4.65. The third-order valence-electron chi connectivity index (χ3n) is 6.32. The summed E-state index contributed by atoms with van der Waals surface area (Å²) in [5.41, 5.74) is 0.605. The Morgan fingerprint density at radius 1 is 1.10 bits per heavy atom. The Morgan fingerprint density at radius 2 is 1.90 bits per heavy atom. The smallest absolute Gasteiger partial charge is 0.250 e. The van der Waals surface area contributed by atoms with Gasteiger partial charge in [-0.25, -0.2) is 4.90 Å². The van der Waals surface area contributed by atoms with E-state index in [1.54, 1.807) is 36.0 Å². The lowest BCUT2D eigenvalue weighted by Crippen LogP contribution is -2.53. The Morgan fingerprint density at radius 3 is 2.67 bits per heavy atom. The van der Waals surface area contributed by atoms with E-state index in [0.29, 0.717) is 22.8 Å². The number of hydrogen-bond acceptors (Lipinski definition) is 5. The highest BCUT2D eigenvalue weighted by Gasteiger charge is 2.70. The maximum atomic E-state index is 13.7. The maximum Gasteiger partial charge on any atom is 0.250 e. The molecule has 0 aliphatic carbocycles. The van der Waals surface area contributed by atoms with Gasteiger partial charge in [0.1, 0.15) is 5.54 Å². The third kappa shape index (κ3) is 2.58. The van der Waals surface area contributed by atoms with Crippen molar-refractivity contribution in [3.63, 3.8) is 0 Å². The van der Waals surface area contributed by atoms with E-state index in [-0.39, 0.29) is 23.8 Å². The van der Waals surface area contributed by atoms with Gasteiger partial charge in [0.05, 0.1) is 17.5 Å². The van der Waals surface area contributed by atoms with Crippen LogP contribution in [0.5, 0.6) is 0 Å². The zero-order chi connectivity index (χ0) is 21.0. The van der Waals surface area contributed by atoms with E-state index >= 15 is 0 Å². The normalized spacial score (nSPS) is 29.5. The molecule has 0 radical (unpaired) electrons. The van der Waals surface area contributed by atoms with Crippen molar-refractivity contribution in [3.05, 3.63) is 59.1 Å². The van der Waals surface area contributed by atoms with Gasteiger partial charge in [-0.1, -0.05) is 35.9 Å². The summed E-state index contributed by atoms with van der Waals surface area (Å²) in [7, 11) is 0. The number of fused-ring (bicyclic) bond motifs is 4. The third-order valence-corrected chi connectivity index (χ3v) is 7.20. The molecule has 0 aromatic heterocycles. The van der Waals surface area contributed by atoms with Crippen molar-refractivity contribution in [1.82, 2.24) is 5.32 Å². The summed E-state index contributed by atoms with van der Waals surface area (Å²) >= 11 is 7.79. The van der Waals surface area contributed by atoms with Gasteiger partial charge in [-0.15, -0.1) is 0 Å². The van der Waals surface area contributed by atoms with Gasteiger partial charge >= 0.3 is 0 Å². The van der Waals surface area contributed by atoms with Crippen molar-refractivity contribution in [1.29, 1.82) is 0 Å². The SMILES string of the molecule is CSCC[C@@H]1N[C@]2(C(=O)Nc3ccccc32)[C@@H]2C(=O)N(c3cccc(Cl)c3)C(=O)[C@H]12. The molecular weight excluding hydrogens is 422 g/mol. The van der Waals surface area contributed by atoms with Crippen LogP contribution >= 0.6 is 23.4 Å². The summed E-state index contributed by atoms with van der Waals surface area (Å²) in [6, 6.07) is 13.8. The number of benzene rings is 2. The predicted octanol–water partition coefficient (Wildman–Crippen LogP) is 3.02. The number of imide groups is 1. The average Bonchev–Trinajstić information content (AvgIpc) is 3.31. The quantitative estimate of drug-likeness (QED) is 0.713. The number of hydrogen-bond donors (Lipinski definition) is 2. The van der Waals surface area contributed by atoms with Crippen LogP contribution in [-0.4, -0.2) is 35.8 Å². The molecule has 0 saturated carbocycles. The van der Waals surface area contributed by atoms with Crippen LogP contribution in [-0.2, 0) is 19.9 Å². The number of para-hydroxylation sites is 1. The van der Waals surface area contributed by atoms with Crippen LogP contribution in [0.3, 0.4) is 0 Å². The summed E-state index contributed by atoms with van der Waals surface area (Å²) in [4.78, 5) is 41.7. The van der Waals surface area contributed by atoms with Gasteiger partial charge in [0, 0.05) is 22.3 Å². The predicted molar refractivity (Wildman–Crippen MR) is 118 cm³/mol. The summed E-state index contributed by atoms with van der Waals surface area (Å²) < 4.78 is 0. The molecule has 2 N–H and O–H groups in total. The molecule has 1 spiro atoms. The van der Waals surface area contributed by atoms with Gasteiger partial charge in [0.15, 0.2) is 0 Å². The minimum absolute atomic E-state index is 0.278. The van der Waals surface area contributed by atoms with Crippen LogP contribution in [0.1, 0.15) is 12.0 Å². The highest BCUT2D eigenvalue weighted by molar-refractivity contribution is 7.98. The Bertz CT molecular complexity index is 1080. The number of amides is 3. The summed E-state index contributed by atoms with van der Waals surface area (Å²) in [5, 5.41) is 6.79. The number of anilines is 2. The van der Waals surface area contributed by atoms with Gasteiger partial charge in [-0.3, -0.25) is 19.7 Å². The molecular formula is C22H20ClN3O3S. The molecule has 0 unspecified atom stereocenters. The van der Waals surface area contributed by atoms with Gasteiger partial charge in [0.2, 0.25) is 17.7 Å². The molecule has 154 valence electrons. The highest BCUT2D eigenvalue weighted by Crippen LogP contribution is 2.54. The molecule has 2 aromatic carbocycles. The number of nitrogens with one attached hydrogen (secondary N) is 2. The Balaban J connectivity index is 1.65.